The van der Waals surface area contributed by atoms with Crippen LogP contribution in [0.1, 0.15) is 45.4 Å². The number of hydrogen-bond acceptors (Lipinski definition) is 3. The molecule has 1 aromatic rings. The van der Waals surface area contributed by atoms with Crippen LogP contribution in [-0.4, -0.2) is 31.7 Å². The molecule has 1 heterocycles. The lowest BCUT2D eigenvalue weighted by Crippen LogP contribution is -2.35. The van der Waals surface area contributed by atoms with E-state index in [2.05, 4.69) is 11.4 Å². The van der Waals surface area contributed by atoms with Crippen molar-refractivity contribution in [3.05, 3.63) is 48.1 Å². The van der Waals surface area contributed by atoms with Crippen LogP contribution < -0.4 is 5.32 Å². The zero-order chi connectivity index (χ0) is 19.3. The predicted molar refractivity (Wildman–Crippen MR) is 108 cm³/mol. The topological polar surface area (TPSA) is 66.5 Å². The Kier molecular flexibility index (Phi) is 6.50. The van der Waals surface area contributed by atoms with Gasteiger partial charge in [0, 0.05) is 18.8 Å². The Bertz CT molecular complexity index is 819. The number of carbonyl (C=O) groups is 1. The van der Waals surface area contributed by atoms with Gasteiger partial charge in [-0.3, -0.25) is 4.79 Å². The second-order valence-corrected chi connectivity index (χ2v) is 9.09. The summed E-state index contributed by atoms with van der Waals surface area (Å²) in [5, 5.41) is 2.94. The van der Waals surface area contributed by atoms with E-state index < -0.39 is 10.0 Å². The Hall–Kier alpha value is -1.92. The van der Waals surface area contributed by atoms with Crippen molar-refractivity contribution in [1.82, 2.24) is 4.31 Å². The van der Waals surface area contributed by atoms with Crippen LogP contribution in [0.15, 0.2) is 53.0 Å². The SMILES string of the molecule is CCC(C(=O)Nc1ccc(S(=O)(=O)N2CCCCC2)cc1)C1=CC=CCC1. The van der Waals surface area contributed by atoms with Crippen LogP contribution in [0.3, 0.4) is 0 Å². The Morgan fingerprint density at radius 2 is 1.85 bits per heavy atom. The molecule has 27 heavy (non-hydrogen) atoms. The Morgan fingerprint density at radius 1 is 1.15 bits per heavy atom. The number of anilines is 1. The van der Waals surface area contributed by atoms with Crippen molar-refractivity contribution < 1.29 is 13.2 Å². The molecule has 1 atom stereocenters. The molecule has 1 aliphatic heterocycles. The molecule has 0 spiro atoms. The van der Waals surface area contributed by atoms with Crippen molar-refractivity contribution in [3.63, 3.8) is 0 Å². The van der Waals surface area contributed by atoms with E-state index >= 15 is 0 Å². The highest BCUT2D eigenvalue weighted by atomic mass is 32.2. The van der Waals surface area contributed by atoms with E-state index in [9.17, 15) is 13.2 Å². The highest BCUT2D eigenvalue weighted by molar-refractivity contribution is 7.89. The number of allylic oxidation sites excluding steroid dienone is 3. The lowest BCUT2D eigenvalue weighted by molar-refractivity contribution is -0.118. The fourth-order valence-corrected chi connectivity index (χ4v) is 5.24. The van der Waals surface area contributed by atoms with E-state index in [-0.39, 0.29) is 16.7 Å². The summed E-state index contributed by atoms with van der Waals surface area (Å²) in [5.74, 6) is -0.183. The number of rotatable bonds is 6. The lowest BCUT2D eigenvalue weighted by Gasteiger charge is -2.26. The molecule has 1 unspecified atom stereocenters. The van der Waals surface area contributed by atoms with Gasteiger partial charge in [-0.1, -0.05) is 37.1 Å². The fraction of sp³-hybridized carbons (Fsp3) is 0.476. The third-order valence-corrected chi connectivity index (χ3v) is 7.21. The minimum Gasteiger partial charge on any atom is -0.326 e. The van der Waals surface area contributed by atoms with Crippen molar-refractivity contribution in [3.8, 4) is 0 Å². The molecule has 1 aromatic carbocycles. The second kappa shape index (κ2) is 8.85. The maximum absolute atomic E-state index is 12.7. The van der Waals surface area contributed by atoms with Crippen LogP contribution in [0.5, 0.6) is 0 Å². The number of sulfonamides is 1. The van der Waals surface area contributed by atoms with Gasteiger partial charge in [0.15, 0.2) is 0 Å². The average Bonchev–Trinajstić information content (AvgIpc) is 2.70. The fourth-order valence-electron chi connectivity index (χ4n) is 3.72. The Morgan fingerprint density at radius 3 is 2.44 bits per heavy atom. The van der Waals surface area contributed by atoms with Gasteiger partial charge in [-0.2, -0.15) is 4.31 Å². The second-order valence-electron chi connectivity index (χ2n) is 7.15. The zero-order valence-corrected chi connectivity index (χ0v) is 16.7. The molecule has 146 valence electrons. The van der Waals surface area contributed by atoms with Gasteiger partial charge < -0.3 is 5.32 Å². The molecular weight excluding hydrogens is 360 g/mol. The highest BCUT2D eigenvalue weighted by Gasteiger charge is 2.26. The van der Waals surface area contributed by atoms with Gasteiger partial charge in [0.2, 0.25) is 15.9 Å². The zero-order valence-electron chi connectivity index (χ0n) is 15.9. The first kappa shape index (κ1) is 19.8. The first-order valence-corrected chi connectivity index (χ1v) is 11.2. The summed E-state index contributed by atoms with van der Waals surface area (Å²) < 4.78 is 27.0. The molecule has 0 bridgehead atoms. The van der Waals surface area contributed by atoms with Gasteiger partial charge in [0.05, 0.1) is 10.8 Å². The molecule has 5 nitrogen and oxygen atoms in total. The molecular formula is C21H28N2O3S. The van der Waals surface area contributed by atoms with Gasteiger partial charge >= 0.3 is 0 Å². The van der Waals surface area contributed by atoms with Crippen LogP contribution in [0.2, 0.25) is 0 Å². The first-order valence-electron chi connectivity index (χ1n) is 9.79. The third kappa shape index (κ3) is 4.68. The van der Waals surface area contributed by atoms with Crippen LogP contribution in [0.4, 0.5) is 5.69 Å². The smallest absolute Gasteiger partial charge is 0.243 e. The number of piperidine rings is 1. The molecule has 2 aliphatic rings. The number of benzene rings is 1. The van der Waals surface area contributed by atoms with Crippen LogP contribution >= 0.6 is 0 Å². The standard InChI is InChI=1S/C21H28N2O3S/c1-2-20(17-9-5-3-6-10-17)21(24)22-18-11-13-19(14-12-18)27(25,26)23-15-7-4-8-16-23/h3,5,9,11-14,20H,2,4,6-8,10,15-16H2,1H3,(H,22,24). The quantitative estimate of drug-likeness (QED) is 0.798. The van der Waals surface area contributed by atoms with Crippen molar-refractivity contribution in [1.29, 1.82) is 0 Å². The van der Waals surface area contributed by atoms with Crippen molar-refractivity contribution >= 4 is 21.6 Å². The van der Waals surface area contributed by atoms with E-state index in [0.29, 0.717) is 18.8 Å². The summed E-state index contributed by atoms with van der Waals surface area (Å²) in [6.45, 7) is 3.18. The summed E-state index contributed by atoms with van der Waals surface area (Å²) in [5.41, 5.74) is 1.78. The summed E-state index contributed by atoms with van der Waals surface area (Å²) >= 11 is 0. The maximum atomic E-state index is 12.7. The van der Waals surface area contributed by atoms with E-state index in [1.54, 1.807) is 28.6 Å². The molecule has 1 saturated heterocycles. The molecule has 1 fully saturated rings. The summed E-state index contributed by atoms with van der Waals surface area (Å²) in [4.78, 5) is 13.0. The lowest BCUT2D eigenvalue weighted by atomic mass is 9.89. The van der Waals surface area contributed by atoms with E-state index in [1.165, 1.54) is 0 Å². The van der Waals surface area contributed by atoms with Crippen molar-refractivity contribution in [2.75, 3.05) is 18.4 Å². The molecule has 0 radical (unpaired) electrons. The largest absolute Gasteiger partial charge is 0.326 e. The molecule has 0 saturated carbocycles. The van der Waals surface area contributed by atoms with Crippen LogP contribution in [0, 0.1) is 5.92 Å². The number of nitrogens with zero attached hydrogens (tertiary/aromatic N) is 1. The summed E-state index contributed by atoms with van der Waals surface area (Å²) in [6.07, 6.45) is 11.7. The van der Waals surface area contributed by atoms with E-state index in [1.807, 2.05) is 19.1 Å². The highest BCUT2D eigenvalue weighted by Crippen LogP contribution is 2.26. The van der Waals surface area contributed by atoms with E-state index in [4.69, 9.17) is 0 Å². The molecule has 3 rings (SSSR count). The van der Waals surface area contributed by atoms with Gasteiger partial charge in [0.25, 0.3) is 0 Å². The first-order chi connectivity index (χ1) is 13.0. The normalized spacial score (nSPS) is 19.4. The van der Waals surface area contributed by atoms with Crippen molar-refractivity contribution in [2.24, 2.45) is 5.92 Å². The molecule has 6 heteroatoms. The maximum Gasteiger partial charge on any atom is 0.243 e. The molecule has 1 N–H and O–H groups in total. The van der Waals surface area contributed by atoms with Gasteiger partial charge in [-0.25, -0.2) is 8.42 Å². The monoisotopic (exact) mass is 388 g/mol. The number of hydrogen-bond donors (Lipinski definition) is 1. The average molecular weight is 389 g/mol. The Balaban J connectivity index is 1.69. The summed E-state index contributed by atoms with van der Waals surface area (Å²) in [7, 11) is -3.44. The number of carbonyl (C=O) groups excluding carboxylic acids is 1. The molecule has 1 amide bonds. The molecule has 1 aliphatic carbocycles. The Labute approximate surface area is 162 Å². The molecule has 0 aromatic heterocycles. The third-order valence-electron chi connectivity index (χ3n) is 5.29. The van der Waals surface area contributed by atoms with Crippen molar-refractivity contribution in [2.45, 2.75) is 50.3 Å². The van der Waals surface area contributed by atoms with Gasteiger partial charge in [0.1, 0.15) is 0 Å². The number of nitrogens with one attached hydrogen (secondary N) is 1. The van der Waals surface area contributed by atoms with Crippen LogP contribution in [0.25, 0.3) is 0 Å². The van der Waals surface area contributed by atoms with E-state index in [0.717, 1.165) is 44.1 Å². The predicted octanol–water partition coefficient (Wildman–Crippen LogP) is 4.10. The number of amides is 1. The summed E-state index contributed by atoms with van der Waals surface area (Å²) in [6, 6.07) is 6.53. The van der Waals surface area contributed by atoms with Gasteiger partial charge in [-0.15, -0.1) is 0 Å². The minimum atomic E-state index is -3.44. The van der Waals surface area contributed by atoms with Gasteiger partial charge in [-0.05, 0) is 56.4 Å². The minimum absolute atomic E-state index is 0.0364. The van der Waals surface area contributed by atoms with Crippen LogP contribution in [-0.2, 0) is 14.8 Å².